The van der Waals surface area contributed by atoms with Gasteiger partial charge in [-0.2, -0.15) is 9.78 Å². The van der Waals surface area contributed by atoms with Crippen LogP contribution in [0.15, 0.2) is 30.3 Å². The van der Waals surface area contributed by atoms with Gasteiger partial charge >= 0.3 is 5.82 Å². The smallest absolute Gasteiger partial charge is 0.358 e. The quantitative estimate of drug-likeness (QED) is 0.465. The molecule has 0 atom stereocenters. The number of anilines is 1. The van der Waals surface area contributed by atoms with Crippen molar-refractivity contribution in [2.75, 3.05) is 5.32 Å². The monoisotopic (exact) mass is 420 g/mol. The van der Waals surface area contributed by atoms with E-state index in [2.05, 4.69) is 15.5 Å². The lowest BCUT2D eigenvalue weighted by molar-refractivity contribution is -0.389. The van der Waals surface area contributed by atoms with Crippen LogP contribution in [0.3, 0.4) is 0 Å². The number of benzene rings is 1. The Kier molecular flexibility index (Phi) is 5.92. The van der Waals surface area contributed by atoms with Crippen molar-refractivity contribution < 1.29 is 14.1 Å². The second-order valence-electron chi connectivity index (χ2n) is 6.45. The molecule has 2 heterocycles. The summed E-state index contributed by atoms with van der Waals surface area (Å²) in [5, 5.41) is 21.8. The van der Waals surface area contributed by atoms with E-state index in [1.807, 2.05) is 0 Å². The molecular formula is C18H18ClFN6O3. The molecule has 29 heavy (non-hydrogen) atoms. The summed E-state index contributed by atoms with van der Waals surface area (Å²) in [7, 11) is 0. The number of carbonyl (C=O) groups excluding carboxylic acids is 1. The Morgan fingerprint density at radius 1 is 1.24 bits per heavy atom. The van der Waals surface area contributed by atoms with E-state index in [9.17, 15) is 19.3 Å². The van der Waals surface area contributed by atoms with Crippen molar-refractivity contribution in [1.29, 1.82) is 0 Å². The van der Waals surface area contributed by atoms with Gasteiger partial charge in [-0.1, -0.05) is 17.7 Å². The summed E-state index contributed by atoms with van der Waals surface area (Å²) in [6, 6.07) is 7.46. The molecule has 1 amide bonds. The van der Waals surface area contributed by atoms with Gasteiger partial charge in [-0.25, -0.2) is 4.39 Å². The van der Waals surface area contributed by atoms with Crippen LogP contribution in [0.2, 0.25) is 5.02 Å². The third-order valence-electron chi connectivity index (χ3n) is 4.32. The lowest BCUT2D eigenvalue weighted by Crippen LogP contribution is -2.16. The lowest BCUT2D eigenvalue weighted by atomic mass is 10.2. The fraction of sp³-hybridized carbons (Fsp3) is 0.278. The predicted molar refractivity (Wildman–Crippen MR) is 104 cm³/mol. The predicted octanol–water partition coefficient (Wildman–Crippen LogP) is 3.47. The third-order valence-corrected chi connectivity index (χ3v) is 4.68. The van der Waals surface area contributed by atoms with E-state index in [1.54, 1.807) is 30.7 Å². The minimum Gasteiger partial charge on any atom is -0.358 e. The highest BCUT2D eigenvalue weighted by Gasteiger charge is 2.17. The highest BCUT2D eigenvalue weighted by atomic mass is 35.5. The van der Waals surface area contributed by atoms with E-state index >= 15 is 0 Å². The number of aryl methyl sites for hydroxylation is 3. The zero-order valence-electron chi connectivity index (χ0n) is 15.7. The van der Waals surface area contributed by atoms with Crippen LogP contribution in [0.4, 0.5) is 16.0 Å². The summed E-state index contributed by atoms with van der Waals surface area (Å²) in [6.07, 6.45) is 0.0602. The minimum atomic E-state index is -0.583. The topological polar surface area (TPSA) is 108 Å². The van der Waals surface area contributed by atoms with Gasteiger partial charge in [0.15, 0.2) is 5.82 Å². The zero-order chi connectivity index (χ0) is 21.1. The molecule has 0 aliphatic rings. The van der Waals surface area contributed by atoms with E-state index in [-0.39, 0.29) is 31.2 Å². The van der Waals surface area contributed by atoms with Crippen molar-refractivity contribution >= 4 is 29.1 Å². The third kappa shape index (κ3) is 4.77. The van der Waals surface area contributed by atoms with Crippen LogP contribution in [0.25, 0.3) is 0 Å². The van der Waals surface area contributed by atoms with Gasteiger partial charge in [0.1, 0.15) is 5.82 Å². The zero-order valence-corrected chi connectivity index (χ0v) is 16.5. The molecule has 0 aliphatic heterocycles. The summed E-state index contributed by atoms with van der Waals surface area (Å²) < 4.78 is 16.9. The second-order valence-corrected chi connectivity index (χ2v) is 6.86. The molecule has 3 rings (SSSR count). The van der Waals surface area contributed by atoms with E-state index in [4.69, 9.17) is 11.6 Å². The molecule has 0 saturated carbocycles. The van der Waals surface area contributed by atoms with Gasteiger partial charge in [0.2, 0.25) is 5.91 Å². The van der Waals surface area contributed by atoms with Crippen molar-refractivity contribution in [2.24, 2.45) is 0 Å². The number of nitro groups is 1. The van der Waals surface area contributed by atoms with Gasteiger partial charge in [0.05, 0.1) is 29.9 Å². The SMILES string of the molecule is Cc1cc(NC(=O)CCn2nc([N+](=O)[O-])cc2C)nn1Cc1c(F)cccc1Cl. The van der Waals surface area contributed by atoms with Crippen molar-refractivity contribution in [3.05, 3.63) is 68.2 Å². The molecule has 0 spiro atoms. The molecule has 0 saturated heterocycles. The summed E-state index contributed by atoms with van der Waals surface area (Å²) >= 11 is 6.06. The molecule has 9 nitrogen and oxygen atoms in total. The van der Waals surface area contributed by atoms with Crippen LogP contribution in [-0.2, 0) is 17.9 Å². The maximum absolute atomic E-state index is 14.0. The number of halogens is 2. The fourth-order valence-electron chi connectivity index (χ4n) is 2.79. The average molecular weight is 421 g/mol. The fourth-order valence-corrected chi connectivity index (χ4v) is 3.01. The first-order valence-corrected chi connectivity index (χ1v) is 9.08. The molecular weight excluding hydrogens is 403 g/mol. The molecule has 11 heteroatoms. The summed E-state index contributed by atoms with van der Waals surface area (Å²) in [5.41, 5.74) is 1.62. The highest BCUT2D eigenvalue weighted by molar-refractivity contribution is 6.31. The maximum Gasteiger partial charge on any atom is 0.390 e. The molecule has 0 aliphatic carbocycles. The van der Waals surface area contributed by atoms with Crippen LogP contribution in [0, 0.1) is 29.8 Å². The van der Waals surface area contributed by atoms with Crippen molar-refractivity contribution in [3.8, 4) is 0 Å². The van der Waals surface area contributed by atoms with E-state index in [1.165, 1.54) is 22.9 Å². The van der Waals surface area contributed by atoms with Gasteiger partial charge in [0, 0.05) is 28.8 Å². The van der Waals surface area contributed by atoms with E-state index in [0.717, 1.165) is 5.69 Å². The number of nitrogens with one attached hydrogen (secondary N) is 1. The van der Waals surface area contributed by atoms with E-state index in [0.29, 0.717) is 22.1 Å². The summed E-state index contributed by atoms with van der Waals surface area (Å²) in [4.78, 5) is 22.4. The lowest BCUT2D eigenvalue weighted by Gasteiger charge is -2.07. The number of carbonyl (C=O) groups is 1. The van der Waals surface area contributed by atoms with Gasteiger partial charge < -0.3 is 15.4 Å². The van der Waals surface area contributed by atoms with Crippen LogP contribution in [-0.4, -0.2) is 30.4 Å². The van der Waals surface area contributed by atoms with Gasteiger partial charge in [0.25, 0.3) is 0 Å². The molecule has 1 aromatic carbocycles. The second kappa shape index (κ2) is 8.39. The Morgan fingerprint density at radius 3 is 2.62 bits per heavy atom. The molecule has 1 N–H and O–H groups in total. The average Bonchev–Trinajstić information content (AvgIpc) is 3.19. The number of aromatic nitrogens is 4. The highest BCUT2D eigenvalue weighted by Crippen LogP contribution is 2.21. The number of amides is 1. The molecule has 0 radical (unpaired) electrons. The Morgan fingerprint density at radius 2 is 1.97 bits per heavy atom. The molecule has 2 aromatic heterocycles. The van der Waals surface area contributed by atoms with Crippen molar-refractivity contribution in [1.82, 2.24) is 19.6 Å². The Labute approximate surface area is 170 Å². The first kappa shape index (κ1) is 20.5. The standard InChI is InChI=1S/C18H18ClFN6O3/c1-11-8-16(22-25(11)10-13-14(19)4-3-5-15(13)20)21-18(27)6-7-24-12(2)9-17(23-24)26(28)29/h3-5,8-9H,6-7,10H2,1-2H3,(H,21,22,27). The summed E-state index contributed by atoms with van der Waals surface area (Å²) in [5.74, 6) is -0.690. The molecule has 0 bridgehead atoms. The minimum absolute atomic E-state index is 0.0602. The maximum atomic E-state index is 14.0. The number of hydrogen-bond donors (Lipinski definition) is 1. The Balaban J connectivity index is 1.63. The van der Waals surface area contributed by atoms with Crippen LogP contribution in [0.1, 0.15) is 23.4 Å². The Hall–Kier alpha value is -3.27. The van der Waals surface area contributed by atoms with Gasteiger partial charge in [-0.15, -0.1) is 0 Å². The Bertz CT molecular complexity index is 1060. The largest absolute Gasteiger partial charge is 0.390 e. The summed E-state index contributed by atoms with van der Waals surface area (Å²) in [6.45, 7) is 3.78. The van der Waals surface area contributed by atoms with Crippen LogP contribution >= 0.6 is 11.6 Å². The first-order chi connectivity index (χ1) is 13.7. The molecule has 152 valence electrons. The number of nitrogens with zero attached hydrogens (tertiary/aromatic N) is 5. The number of rotatable bonds is 7. The van der Waals surface area contributed by atoms with E-state index < -0.39 is 10.7 Å². The molecule has 3 aromatic rings. The van der Waals surface area contributed by atoms with Crippen molar-refractivity contribution in [3.63, 3.8) is 0 Å². The number of hydrogen-bond acceptors (Lipinski definition) is 5. The molecule has 0 fully saturated rings. The van der Waals surface area contributed by atoms with Gasteiger partial charge in [-0.3, -0.25) is 9.48 Å². The van der Waals surface area contributed by atoms with Crippen LogP contribution < -0.4 is 5.32 Å². The van der Waals surface area contributed by atoms with Crippen LogP contribution in [0.5, 0.6) is 0 Å². The first-order valence-electron chi connectivity index (χ1n) is 8.70. The van der Waals surface area contributed by atoms with Gasteiger partial charge in [-0.05, 0) is 30.9 Å². The van der Waals surface area contributed by atoms with Crippen molar-refractivity contribution in [2.45, 2.75) is 33.4 Å². The molecule has 0 unspecified atom stereocenters. The normalized spacial score (nSPS) is 10.9.